The number of allylic oxidation sites excluding steroid dienone is 1. The first-order chi connectivity index (χ1) is 14.6. The highest BCUT2D eigenvalue weighted by Crippen LogP contribution is 2.25. The Morgan fingerprint density at radius 3 is 2.73 bits per heavy atom. The Bertz CT molecular complexity index is 907. The maximum Gasteiger partial charge on any atom is 0.251 e. The van der Waals surface area contributed by atoms with E-state index in [-0.39, 0.29) is 5.91 Å². The molecule has 0 fully saturated rings. The van der Waals surface area contributed by atoms with Gasteiger partial charge in [-0.2, -0.15) is 0 Å². The van der Waals surface area contributed by atoms with Gasteiger partial charge in [0.05, 0.1) is 6.61 Å². The lowest BCUT2D eigenvalue weighted by molar-refractivity contribution is 0.0954. The molecule has 1 aliphatic carbocycles. The summed E-state index contributed by atoms with van der Waals surface area (Å²) in [6, 6.07) is 11.1. The molecule has 1 aliphatic rings. The third-order valence-corrected chi connectivity index (χ3v) is 5.69. The summed E-state index contributed by atoms with van der Waals surface area (Å²) in [6.45, 7) is 5.40. The molecule has 5 heteroatoms. The number of carbonyl (C=O) groups is 1. The van der Waals surface area contributed by atoms with Crippen molar-refractivity contribution >= 4 is 17.5 Å². The Labute approximate surface area is 184 Å². The van der Waals surface area contributed by atoms with Crippen LogP contribution in [0.5, 0.6) is 11.5 Å². The summed E-state index contributed by atoms with van der Waals surface area (Å²) in [7, 11) is 0. The number of hydrogen-bond acceptors (Lipinski definition) is 3. The highest BCUT2D eigenvalue weighted by molar-refractivity contribution is 6.31. The Hall–Kier alpha value is -2.46. The molecule has 4 nitrogen and oxygen atoms in total. The molecule has 0 saturated carbocycles. The summed E-state index contributed by atoms with van der Waals surface area (Å²) in [6.07, 6.45) is 8.11. The van der Waals surface area contributed by atoms with E-state index in [1.807, 2.05) is 44.2 Å². The van der Waals surface area contributed by atoms with E-state index in [9.17, 15) is 4.79 Å². The Morgan fingerprint density at radius 2 is 2.00 bits per heavy atom. The maximum absolute atomic E-state index is 12.6. The van der Waals surface area contributed by atoms with Gasteiger partial charge in [-0.25, -0.2) is 0 Å². The number of amides is 1. The van der Waals surface area contributed by atoms with Gasteiger partial charge in [0.25, 0.3) is 5.91 Å². The van der Waals surface area contributed by atoms with Crippen molar-refractivity contribution in [2.45, 2.75) is 52.6 Å². The molecule has 160 valence electrons. The maximum atomic E-state index is 12.6. The molecular formula is C25H30ClNO3. The number of rotatable bonds is 9. The summed E-state index contributed by atoms with van der Waals surface area (Å²) in [4.78, 5) is 12.6. The SMILES string of the molecule is CCOc1ccc(C(=O)NCCC2=CCCCC2)cc1COc1ccc(Cl)c(C)c1. The zero-order valence-corrected chi connectivity index (χ0v) is 18.6. The Balaban J connectivity index is 1.64. The molecule has 1 N–H and O–H groups in total. The lowest BCUT2D eigenvalue weighted by Gasteiger charge is -2.15. The van der Waals surface area contributed by atoms with Crippen LogP contribution in [0.2, 0.25) is 5.02 Å². The van der Waals surface area contributed by atoms with E-state index in [0.717, 1.165) is 35.5 Å². The number of hydrogen-bond donors (Lipinski definition) is 1. The van der Waals surface area contributed by atoms with E-state index < -0.39 is 0 Å². The topological polar surface area (TPSA) is 47.6 Å². The minimum atomic E-state index is -0.0713. The van der Waals surface area contributed by atoms with E-state index in [1.54, 1.807) is 6.07 Å². The van der Waals surface area contributed by atoms with Gasteiger partial charge in [-0.15, -0.1) is 0 Å². The van der Waals surface area contributed by atoms with Crippen LogP contribution in [0.25, 0.3) is 0 Å². The number of halogens is 1. The lowest BCUT2D eigenvalue weighted by Crippen LogP contribution is -2.25. The second kappa shape index (κ2) is 11.1. The zero-order chi connectivity index (χ0) is 21.3. The largest absolute Gasteiger partial charge is 0.493 e. The van der Waals surface area contributed by atoms with E-state index in [1.165, 1.54) is 24.8 Å². The molecule has 0 spiro atoms. The molecule has 1 amide bonds. The monoisotopic (exact) mass is 427 g/mol. The molecule has 2 aromatic rings. The fourth-order valence-electron chi connectivity index (χ4n) is 3.57. The lowest BCUT2D eigenvalue weighted by atomic mass is 9.97. The molecule has 2 aromatic carbocycles. The van der Waals surface area contributed by atoms with Gasteiger partial charge in [-0.1, -0.05) is 23.3 Å². The Morgan fingerprint density at radius 1 is 1.13 bits per heavy atom. The molecule has 30 heavy (non-hydrogen) atoms. The number of carbonyl (C=O) groups excluding carboxylic acids is 1. The molecule has 0 aromatic heterocycles. The molecule has 0 aliphatic heterocycles. The fourth-order valence-corrected chi connectivity index (χ4v) is 3.69. The first-order valence-electron chi connectivity index (χ1n) is 10.7. The van der Waals surface area contributed by atoms with Crippen molar-refractivity contribution in [1.82, 2.24) is 5.32 Å². The van der Waals surface area contributed by atoms with Gasteiger partial charge in [0, 0.05) is 22.7 Å². The quantitative estimate of drug-likeness (QED) is 0.481. The zero-order valence-electron chi connectivity index (χ0n) is 17.8. The van der Waals surface area contributed by atoms with E-state index in [4.69, 9.17) is 21.1 Å². The minimum absolute atomic E-state index is 0.0713. The van der Waals surface area contributed by atoms with Crippen molar-refractivity contribution < 1.29 is 14.3 Å². The average molecular weight is 428 g/mol. The van der Waals surface area contributed by atoms with Gasteiger partial charge in [-0.3, -0.25) is 4.79 Å². The Kier molecular flexibility index (Phi) is 8.21. The predicted molar refractivity (Wildman–Crippen MR) is 122 cm³/mol. The first-order valence-corrected chi connectivity index (χ1v) is 11.1. The summed E-state index contributed by atoms with van der Waals surface area (Å²) in [5.41, 5.74) is 3.87. The van der Waals surface area contributed by atoms with Crippen LogP contribution in [0, 0.1) is 6.92 Å². The van der Waals surface area contributed by atoms with Gasteiger partial charge in [0.1, 0.15) is 18.1 Å². The van der Waals surface area contributed by atoms with Gasteiger partial charge in [-0.05, 0) is 87.9 Å². The van der Waals surface area contributed by atoms with Gasteiger partial charge in [0.2, 0.25) is 0 Å². The van der Waals surface area contributed by atoms with Crippen molar-refractivity contribution in [3.8, 4) is 11.5 Å². The summed E-state index contributed by atoms with van der Waals surface area (Å²) >= 11 is 6.09. The highest BCUT2D eigenvalue weighted by Gasteiger charge is 2.12. The summed E-state index contributed by atoms with van der Waals surface area (Å²) < 4.78 is 11.7. The predicted octanol–water partition coefficient (Wildman–Crippen LogP) is 6.25. The number of nitrogens with one attached hydrogen (secondary N) is 1. The van der Waals surface area contributed by atoms with Crippen LogP contribution in [0.15, 0.2) is 48.0 Å². The van der Waals surface area contributed by atoms with Gasteiger partial charge >= 0.3 is 0 Å². The van der Waals surface area contributed by atoms with Crippen LogP contribution in [0.1, 0.15) is 60.5 Å². The van der Waals surface area contributed by atoms with Gasteiger partial charge < -0.3 is 14.8 Å². The molecule has 0 atom stereocenters. The number of ether oxygens (including phenoxy) is 2. The van der Waals surface area contributed by atoms with Crippen LogP contribution in [0.4, 0.5) is 0 Å². The normalized spacial score (nSPS) is 13.5. The van der Waals surface area contributed by atoms with Crippen LogP contribution in [0.3, 0.4) is 0 Å². The van der Waals surface area contributed by atoms with Crippen LogP contribution in [-0.2, 0) is 6.61 Å². The van der Waals surface area contributed by atoms with Crippen molar-refractivity contribution in [2.75, 3.05) is 13.2 Å². The molecule has 0 saturated heterocycles. The van der Waals surface area contributed by atoms with E-state index in [0.29, 0.717) is 30.3 Å². The molecule has 3 rings (SSSR count). The second-order valence-electron chi connectivity index (χ2n) is 7.57. The van der Waals surface area contributed by atoms with Crippen molar-refractivity contribution in [3.05, 3.63) is 69.8 Å². The van der Waals surface area contributed by atoms with Gasteiger partial charge in [0.15, 0.2) is 0 Å². The number of aryl methyl sites for hydroxylation is 1. The van der Waals surface area contributed by atoms with Crippen molar-refractivity contribution in [3.63, 3.8) is 0 Å². The molecule has 0 radical (unpaired) electrons. The second-order valence-corrected chi connectivity index (χ2v) is 7.98. The third kappa shape index (κ3) is 6.27. The summed E-state index contributed by atoms with van der Waals surface area (Å²) in [5, 5.41) is 3.74. The molecule has 0 bridgehead atoms. The number of benzene rings is 2. The smallest absolute Gasteiger partial charge is 0.251 e. The van der Waals surface area contributed by atoms with Crippen molar-refractivity contribution in [2.24, 2.45) is 0 Å². The summed E-state index contributed by atoms with van der Waals surface area (Å²) in [5.74, 6) is 1.39. The van der Waals surface area contributed by atoms with Crippen LogP contribution < -0.4 is 14.8 Å². The van der Waals surface area contributed by atoms with Crippen molar-refractivity contribution in [1.29, 1.82) is 0 Å². The van der Waals surface area contributed by atoms with E-state index in [2.05, 4.69) is 11.4 Å². The first kappa shape index (κ1) is 22.2. The van der Waals surface area contributed by atoms with Crippen LogP contribution in [-0.4, -0.2) is 19.1 Å². The minimum Gasteiger partial charge on any atom is -0.493 e. The van der Waals surface area contributed by atoms with E-state index >= 15 is 0 Å². The fraction of sp³-hybridized carbons (Fsp3) is 0.400. The average Bonchev–Trinajstić information content (AvgIpc) is 2.76. The van der Waals surface area contributed by atoms with Crippen LogP contribution >= 0.6 is 11.6 Å². The third-order valence-electron chi connectivity index (χ3n) is 5.26. The standard InChI is InChI=1S/C25H30ClNO3/c1-3-29-24-12-9-20(25(28)27-14-13-19-7-5-4-6-8-19)16-21(24)17-30-22-10-11-23(26)18(2)15-22/h7,9-12,15-16H,3-6,8,13-14,17H2,1-2H3,(H,27,28). The molecule has 0 unspecified atom stereocenters. The molecular weight excluding hydrogens is 398 g/mol. The molecule has 0 heterocycles. The highest BCUT2D eigenvalue weighted by atomic mass is 35.5.